The SMILES string of the molecule is CCC(CSC)NS(=O)(=O)c1ccc(OC)cc1CCN. The van der Waals surface area contributed by atoms with E-state index in [0.29, 0.717) is 24.3 Å². The lowest BCUT2D eigenvalue weighted by Crippen LogP contribution is -2.36. The van der Waals surface area contributed by atoms with Crippen LogP contribution in [-0.2, 0) is 16.4 Å². The minimum atomic E-state index is -3.55. The van der Waals surface area contributed by atoms with E-state index in [1.54, 1.807) is 37.1 Å². The third-order valence-electron chi connectivity index (χ3n) is 3.15. The Balaban J connectivity index is 3.11. The molecule has 1 rings (SSSR count). The third-order valence-corrected chi connectivity index (χ3v) is 5.51. The highest BCUT2D eigenvalue weighted by atomic mass is 32.2. The number of nitrogens with one attached hydrogen (secondary N) is 1. The molecule has 1 aromatic carbocycles. The molecule has 21 heavy (non-hydrogen) atoms. The Labute approximate surface area is 131 Å². The average molecular weight is 332 g/mol. The molecule has 0 aromatic heterocycles. The quantitative estimate of drug-likeness (QED) is 0.718. The Morgan fingerprint density at radius 3 is 2.67 bits per heavy atom. The van der Waals surface area contributed by atoms with Gasteiger partial charge >= 0.3 is 0 Å². The van der Waals surface area contributed by atoms with Gasteiger partial charge in [0.15, 0.2) is 0 Å². The van der Waals surface area contributed by atoms with Crippen LogP contribution in [0.3, 0.4) is 0 Å². The molecule has 0 aliphatic carbocycles. The van der Waals surface area contributed by atoms with Crippen LogP contribution in [0.4, 0.5) is 0 Å². The van der Waals surface area contributed by atoms with Crippen LogP contribution in [0, 0.1) is 0 Å². The van der Waals surface area contributed by atoms with E-state index >= 15 is 0 Å². The van der Waals surface area contributed by atoms with Crippen molar-refractivity contribution in [3.63, 3.8) is 0 Å². The molecule has 7 heteroatoms. The van der Waals surface area contributed by atoms with E-state index in [1.807, 2.05) is 13.2 Å². The average Bonchev–Trinajstić information content (AvgIpc) is 2.46. The van der Waals surface area contributed by atoms with Crippen molar-refractivity contribution in [3.05, 3.63) is 23.8 Å². The number of hydrogen-bond donors (Lipinski definition) is 2. The van der Waals surface area contributed by atoms with Crippen molar-refractivity contribution in [1.29, 1.82) is 0 Å². The first-order valence-corrected chi connectivity index (χ1v) is 9.74. The first-order chi connectivity index (χ1) is 9.98. The van der Waals surface area contributed by atoms with Gasteiger partial charge in [-0.2, -0.15) is 11.8 Å². The summed E-state index contributed by atoms with van der Waals surface area (Å²) < 4.78 is 33.1. The molecule has 1 aromatic rings. The van der Waals surface area contributed by atoms with Gasteiger partial charge in [0.2, 0.25) is 10.0 Å². The van der Waals surface area contributed by atoms with Crippen molar-refractivity contribution in [3.8, 4) is 5.75 Å². The molecule has 5 nitrogen and oxygen atoms in total. The summed E-state index contributed by atoms with van der Waals surface area (Å²) in [6.45, 7) is 2.36. The van der Waals surface area contributed by atoms with Crippen LogP contribution in [0.25, 0.3) is 0 Å². The molecule has 0 fully saturated rings. The lowest BCUT2D eigenvalue weighted by Gasteiger charge is -2.18. The molecule has 0 heterocycles. The summed E-state index contributed by atoms with van der Waals surface area (Å²) >= 11 is 1.62. The van der Waals surface area contributed by atoms with Crippen LogP contribution in [0.5, 0.6) is 5.75 Å². The fourth-order valence-corrected chi connectivity index (χ4v) is 4.41. The first-order valence-electron chi connectivity index (χ1n) is 6.86. The van der Waals surface area contributed by atoms with E-state index < -0.39 is 10.0 Å². The first kappa shape index (κ1) is 18.3. The van der Waals surface area contributed by atoms with Crippen molar-refractivity contribution < 1.29 is 13.2 Å². The molecule has 0 aliphatic heterocycles. The molecule has 1 unspecified atom stereocenters. The maximum Gasteiger partial charge on any atom is 0.241 e. The zero-order chi connectivity index (χ0) is 15.9. The summed E-state index contributed by atoms with van der Waals surface area (Å²) in [4.78, 5) is 0.285. The van der Waals surface area contributed by atoms with E-state index in [1.165, 1.54) is 0 Å². The molecule has 120 valence electrons. The molecule has 0 radical (unpaired) electrons. The molecule has 3 N–H and O–H groups in total. The molecule has 0 aliphatic rings. The summed E-state index contributed by atoms with van der Waals surface area (Å²) in [6.07, 6.45) is 3.21. The summed E-state index contributed by atoms with van der Waals surface area (Å²) in [6, 6.07) is 4.90. The van der Waals surface area contributed by atoms with Crippen molar-refractivity contribution in [1.82, 2.24) is 4.72 Å². The van der Waals surface area contributed by atoms with E-state index in [0.717, 1.165) is 12.2 Å². The second-order valence-corrected chi connectivity index (χ2v) is 7.29. The Hall–Kier alpha value is -0.760. The lowest BCUT2D eigenvalue weighted by molar-refractivity contribution is 0.413. The van der Waals surface area contributed by atoms with E-state index in [9.17, 15) is 8.42 Å². The predicted octanol–water partition coefficient (Wildman–Crippen LogP) is 1.62. The highest BCUT2D eigenvalue weighted by Crippen LogP contribution is 2.22. The zero-order valence-corrected chi connectivity index (χ0v) is 14.4. The van der Waals surface area contributed by atoms with E-state index in [-0.39, 0.29) is 10.9 Å². The molecule has 0 saturated carbocycles. The standard InChI is InChI=1S/C14H24N2O3S2/c1-4-12(10-20-3)16-21(17,18)14-6-5-13(19-2)9-11(14)7-8-15/h5-6,9,12,16H,4,7-8,10,15H2,1-3H3. The Bertz CT molecular complexity index is 547. The van der Waals surface area contributed by atoms with Crippen LogP contribution in [0.1, 0.15) is 18.9 Å². The normalized spacial score (nSPS) is 13.1. The predicted molar refractivity (Wildman–Crippen MR) is 88.5 cm³/mol. The number of methoxy groups -OCH3 is 1. The summed E-state index contributed by atoms with van der Waals surface area (Å²) in [7, 11) is -1.99. The van der Waals surface area contributed by atoms with Gasteiger partial charge in [-0.15, -0.1) is 0 Å². The van der Waals surface area contributed by atoms with Gasteiger partial charge < -0.3 is 10.5 Å². The molecule has 0 amide bonds. The largest absolute Gasteiger partial charge is 0.497 e. The van der Waals surface area contributed by atoms with E-state index in [2.05, 4.69) is 4.72 Å². The van der Waals surface area contributed by atoms with E-state index in [4.69, 9.17) is 10.5 Å². The molecule has 0 bridgehead atoms. The minimum Gasteiger partial charge on any atom is -0.497 e. The fraction of sp³-hybridized carbons (Fsp3) is 0.571. The number of sulfonamides is 1. The summed E-state index contributed by atoms with van der Waals surface area (Å²) in [5.41, 5.74) is 6.26. The van der Waals surface area contributed by atoms with Gasteiger partial charge in [-0.3, -0.25) is 0 Å². The highest BCUT2D eigenvalue weighted by molar-refractivity contribution is 7.98. The molecule has 0 saturated heterocycles. The Morgan fingerprint density at radius 2 is 2.14 bits per heavy atom. The Kier molecular flexibility index (Phi) is 7.51. The number of rotatable bonds is 9. The van der Waals surface area contributed by atoms with Crippen LogP contribution < -0.4 is 15.2 Å². The van der Waals surface area contributed by atoms with Gasteiger partial charge in [0, 0.05) is 11.8 Å². The fourth-order valence-electron chi connectivity index (χ4n) is 2.02. The van der Waals surface area contributed by atoms with Crippen molar-refractivity contribution in [2.75, 3.05) is 25.7 Å². The van der Waals surface area contributed by atoms with Gasteiger partial charge in [-0.25, -0.2) is 13.1 Å². The number of benzene rings is 1. The van der Waals surface area contributed by atoms with Gasteiger partial charge in [-0.05, 0) is 49.4 Å². The second kappa shape index (κ2) is 8.63. The number of thioether (sulfide) groups is 1. The van der Waals surface area contributed by atoms with Crippen molar-refractivity contribution in [2.24, 2.45) is 5.73 Å². The van der Waals surface area contributed by atoms with Crippen molar-refractivity contribution >= 4 is 21.8 Å². The molecule has 0 spiro atoms. The number of hydrogen-bond acceptors (Lipinski definition) is 5. The van der Waals surface area contributed by atoms with Gasteiger partial charge in [0.25, 0.3) is 0 Å². The summed E-state index contributed by atoms with van der Waals surface area (Å²) in [5.74, 6) is 1.38. The lowest BCUT2D eigenvalue weighted by atomic mass is 10.1. The van der Waals surface area contributed by atoms with Gasteiger partial charge in [0.1, 0.15) is 5.75 Å². The van der Waals surface area contributed by atoms with Crippen LogP contribution in [0.15, 0.2) is 23.1 Å². The molecule has 1 atom stereocenters. The third kappa shape index (κ3) is 5.18. The van der Waals surface area contributed by atoms with Crippen LogP contribution in [-0.4, -0.2) is 40.1 Å². The number of nitrogens with two attached hydrogens (primary N) is 1. The van der Waals surface area contributed by atoms with Crippen molar-refractivity contribution in [2.45, 2.75) is 30.7 Å². The smallest absolute Gasteiger partial charge is 0.241 e. The summed E-state index contributed by atoms with van der Waals surface area (Å²) in [5, 5.41) is 0. The van der Waals surface area contributed by atoms with Crippen LogP contribution in [0.2, 0.25) is 0 Å². The highest BCUT2D eigenvalue weighted by Gasteiger charge is 2.22. The topological polar surface area (TPSA) is 81.4 Å². The monoisotopic (exact) mass is 332 g/mol. The molecular formula is C14H24N2O3S2. The zero-order valence-electron chi connectivity index (χ0n) is 12.8. The van der Waals surface area contributed by atoms with Gasteiger partial charge in [0.05, 0.1) is 12.0 Å². The maximum atomic E-state index is 12.6. The maximum absolute atomic E-state index is 12.6. The Morgan fingerprint density at radius 1 is 1.43 bits per heavy atom. The second-order valence-electron chi connectivity index (χ2n) is 4.69. The minimum absolute atomic E-state index is 0.0715. The van der Waals surface area contributed by atoms with Gasteiger partial charge in [-0.1, -0.05) is 6.92 Å². The number of ether oxygens (including phenoxy) is 1. The molecular weight excluding hydrogens is 308 g/mol. The van der Waals surface area contributed by atoms with Crippen LogP contribution >= 0.6 is 11.8 Å².